The van der Waals surface area contributed by atoms with Crippen LogP contribution in [0.15, 0.2) is 146 Å². The second-order valence-corrected chi connectivity index (χ2v) is 15.8. The second kappa shape index (κ2) is 14.2. The maximum absolute atomic E-state index is 6.59. The molecule has 0 atom stereocenters. The fourth-order valence-corrected chi connectivity index (χ4v) is 6.82. The summed E-state index contributed by atoms with van der Waals surface area (Å²) in [6.07, 6.45) is 7.72. The minimum atomic E-state index is -0.105. The molecule has 0 amide bonds. The lowest BCUT2D eigenvalue weighted by atomic mass is 9.86. The molecule has 0 aliphatic heterocycles. The Kier molecular flexibility index (Phi) is 9.52. The molecule has 53 heavy (non-hydrogen) atoms. The lowest BCUT2D eigenvalue weighted by Crippen LogP contribution is -2.39. The smallest absolute Gasteiger partial charge is 0.269 e. The van der Waals surface area contributed by atoms with Crippen LogP contribution in [0.3, 0.4) is 0 Å². The standard InChI is InChI=1S/C48H48N4O/c1-34-16-12-17-35(2)46(34)36-26-27-49-45(28-36)52(38-19-10-9-11-20-38)41-23-15-25-43(31-41)53-42-24-14-21-39(30-42)50-32-44(48(6,7)8)51(33-50)40-22-13-18-37(29-40)47(3,4)5/h9-32H,1-8H3. The third kappa shape index (κ3) is 7.66. The maximum atomic E-state index is 6.59. The first kappa shape index (κ1) is 35.5. The van der Waals surface area contributed by atoms with Crippen LogP contribution in [-0.2, 0) is 10.8 Å². The lowest BCUT2D eigenvalue weighted by molar-refractivity contribution is -0.611. The fraction of sp³-hybridized carbons (Fsp3) is 0.208. The molecule has 0 fully saturated rings. The van der Waals surface area contributed by atoms with Gasteiger partial charge in [-0.25, -0.2) is 4.98 Å². The van der Waals surface area contributed by atoms with Crippen molar-refractivity contribution < 1.29 is 9.30 Å². The minimum Gasteiger partial charge on any atom is -0.458 e. The molecule has 0 bridgehead atoms. The van der Waals surface area contributed by atoms with E-state index >= 15 is 0 Å². The molecule has 0 saturated carbocycles. The van der Waals surface area contributed by atoms with Crippen molar-refractivity contribution in [2.45, 2.75) is 66.2 Å². The van der Waals surface area contributed by atoms with E-state index < -0.39 is 0 Å². The predicted octanol–water partition coefficient (Wildman–Crippen LogP) is 12.1. The number of ether oxygens (including phenoxy) is 1. The van der Waals surface area contributed by atoms with E-state index in [-0.39, 0.29) is 10.8 Å². The van der Waals surface area contributed by atoms with E-state index in [9.17, 15) is 0 Å². The van der Waals surface area contributed by atoms with Crippen LogP contribution in [0.1, 0.15) is 63.9 Å². The number of hydrogen-bond acceptors (Lipinski definition) is 3. The number of hydrogen-bond donors (Lipinski definition) is 0. The molecule has 0 aliphatic rings. The quantitative estimate of drug-likeness (QED) is 0.117. The number of nitrogens with zero attached hydrogens (tertiary/aromatic N) is 4. The van der Waals surface area contributed by atoms with Gasteiger partial charge in [0, 0.05) is 24.1 Å². The van der Waals surface area contributed by atoms with E-state index in [4.69, 9.17) is 9.72 Å². The summed E-state index contributed by atoms with van der Waals surface area (Å²) in [7, 11) is 0. The van der Waals surface area contributed by atoms with Gasteiger partial charge in [0.25, 0.3) is 6.33 Å². The molecule has 0 N–H and O–H groups in total. The molecule has 0 radical (unpaired) electrons. The molecule has 5 aromatic carbocycles. The number of aryl methyl sites for hydroxylation is 2. The highest BCUT2D eigenvalue weighted by atomic mass is 16.5. The van der Waals surface area contributed by atoms with E-state index in [0.717, 1.165) is 45.6 Å². The van der Waals surface area contributed by atoms with E-state index in [1.165, 1.54) is 27.9 Å². The van der Waals surface area contributed by atoms with Gasteiger partial charge in [0.15, 0.2) is 0 Å². The molecule has 0 unspecified atom stereocenters. The Hall–Kier alpha value is -5.94. The molecular formula is C48H48N4O. The van der Waals surface area contributed by atoms with Gasteiger partial charge in [0.1, 0.15) is 17.3 Å². The van der Waals surface area contributed by atoms with Crippen molar-refractivity contribution in [3.8, 4) is 34.0 Å². The van der Waals surface area contributed by atoms with Gasteiger partial charge in [-0.15, -0.1) is 0 Å². The van der Waals surface area contributed by atoms with Gasteiger partial charge < -0.3 is 4.74 Å². The molecule has 266 valence electrons. The number of rotatable bonds is 8. The van der Waals surface area contributed by atoms with Crippen LogP contribution in [0.25, 0.3) is 22.5 Å². The van der Waals surface area contributed by atoms with E-state index in [1.54, 1.807) is 0 Å². The summed E-state index contributed by atoms with van der Waals surface area (Å²) in [5.41, 5.74) is 11.3. The average Bonchev–Trinajstić information content (AvgIpc) is 3.60. The Balaban J connectivity index is 1.23. The number of benzene rings is 5. The highest BCUT2D eigenvalue weighted by Crippen LogP contribution is 2.38. The summed E-state index contributed by atoms with van der Waals surface area (Å²) in [5.74, 6) is 2.30. The Bertz CT molecular complexity index is 2360. The summed E-state index contributed by atoms with van der Waals surface area (Å²) in [6, 6.07) is 46.2. The third-order valence-corrected chi connectivity index (χ3v) is 9.60. The van der Waals surface area contributed by atoms with Crippen LogP contribution in [0.4, 0.5) is 17.2 Å². The molecule has 2 aromatic heterocycles. The molecule has 5 heteroatoms. The van der Waals surface area contributed by atoms with E-state index in [0.29, 0.717) is 0 Å². The van der Waals surface area contributed by atoms with Gasteiger partial charge in [-0.3, -0.25) is 14.0 Å². The van der Waals surface area contributed by atoms with Gasteiger partial charge >= 0.3 is 0 Å². The molecule has 2 heterocycles. The van der Waals surface area contributed by atoms with Gasteiger partial charge in [-0.05, 0) is 119 Å². The van der Waals surface area contributed by atoms with Gasteiger partial charge in [-0.1, -0.05) is 102 Å². The summed E-state index contributed by atoms with van der Waals surface area (Å²) in [5, 5.41) is 0. The Morgan fingerprint density at radius 1 is 0.642 bits per heavy atom. The molecule has 7 aromatic rings. The topological polar surface area (TPSA) is 34.2 Å². The van der Waals surface area contributed by atoms with Crippen molar-refractivity contribution >= 4 is 17.2 Å². The largest absolute Gasteiger partial charge is 0.458 e. The van der Waals surface area contributed by atoms with Gasteiger partial charge in [0.05, 0.1) is 22.8 Å². The summed E-state index contributed by atoms with van der Waals surface area (Å²) >= 11 is 0. The highest BCUT2D eigenvalue weighted by Gasteiger charge is 2.23. The number of anilines is 3. The van der Waals surface area contributed by atoms with E-state index in [1.807, 2.05) is 36.5 Å². The number of pyridine rings is 1. The van der Waals surface area contributed by atoms with Crippen LogP contribution < -0.4 is 14.2 Å². The van der Waals surface area contributed by atoms with Crippen molar-refractivity contribution in [2.75, 3.05) is 4.90 Å². The lowest BCUT2D eigenvalue weighted by Gasteiger charge is -2.25. The van der Waals surface area contributed by atoms with Crippen molar-refractivity contribution in [3.63, 3.8) is 0 Å². The van der Waals surface area contributed by atoms with Crippen LogP contribution in [0.5, 0.6) is 11.5 Å². The summed E-state index contributed by atoms with van der Waals surface area (Å²) < 4.78 is 10.8. The maximum Gasteiger partial charge on any atom is 0.269 e. The first-order chi connectivity index (χ1) is 25.3. The average molecular weight is 697 g/mol. The van der Waals surface area contributed by atoms with E-state index in [2.05, 4.69) is 185 Å². The first-order valence-electron chi connectivity index (χ1n) is 18.3. The zero-order valence-corrected chi connectivity index (χ0v) is 32.1. The Labute approximate surface area is 314 Å². The molecule has 5 nitrogen and oxygen atoms in total. The van der Waals surface area contributed by atoms with Crippen molar-refractivity contribution in [1.82, 2.24) is 9.55 Å². The highest BCUT2D eigenvalue weighted by molar-refractivity contribution is 5.79. The Morgan fingerprint density at radius 2 is 1.30 bits per heavy atom. The molecule has 0 aliphatic carbocycles. The molecule has 7 rings (SSSR count). The van der Waals surface area contributed by atoms with Crippen LogP contribution >= 0.6 is 0 Å². The zero-order valence-electron chi connectivity index (χ0n) is 32.1. The van der Waals surface area contributed by atoms with Gasteiger partial charge in [0.2, 0.25) is 0 Å². The van der Waals surface area contributed by atoms with Crippen LogP contribution in [-0.4, -0.2) is 9.55 Å². The normalized spacial score (nSPS) is 11.8. The van der Waals surface area contributed by atoms with Crippen molar-refractivity contribution in [3.05, 3.63) is 175 Å². The minimum absolute atomic E-state index is 0.0447. The van der Waals surface area contributed by atoms with Crippen molar-refractivity contribution in [2.24, 2.45) is 0 Å². The Morgan fingerprint density at radius 3 is 2.02 bits per heavy atom. The van der Waals surface area contributed by atoms with Crippen LogP contribution in [0.2, 0.25) is 0 Å². The van der Waals surface area contributed by atoms with Crippen molar-refractivity contribution in [1.29, 1.82) is 0 Å². The second-order valence-electron chi connectivity index (χ2n) is 15.8. The van der Waals surface area contributed by atoms with Crippen LogP contribution in [0, 0.1) is 20.2 Å². The zero-order chi connectivity index (χ0) is 37.3. The molecule has 0 spiro atoms. The predicted molar refractivity (Wildman–Crippen MR) is 217 cm³/mol. The summed E-state index contributed by atoms with van der Waals surface area (Å²) in [4.78, 5) is 7.05. The fourth-order valence-electron chi connectivity index (χ4n) is 6.82. The third-order valence-electron chi connectivity index (χ3n) is 9.60. The monoisotopic (exact) mass is 696 g/mol. The SMILES string of the molecule is Cc1cccc(C)c1-c1ccnc(N(c2ccccc2)c2cccc(Oc3cccc(-n4[c-][n+](-c5cccc(C(C)(C)C)c5)c(C(C)(C)C)c4)c3)c2)c1. The number of aromatic nitrogens is 3. The van der Waals surface area contributed by atoms with Gasteiger partial charge in [-0.2, -0.15) is 0 Å². The molecular weight excluding hydrogens is 649 g/mol. The molecule has 0 saturated heterocycles. The summed E-state index contributed by atoms with van der Waals surface area (Å²) in [6.45, 7) is 17.8. The number of para-hydroxylation sites is 1. The first-order valence-corrected chi connectivity index (χ1v) is 18.3. The number of imidazole rings is 1.